The second kappa shape index (κ2) is 2.79. The van der Waals surface area contributed by atoms with Crippen LogP contribution in [0.2, 0.25) is 0 Å². The molecule has 0 fully saturated rings. The normalized spacial score (nSPS) is 14.1. The van der Waals surface area contributed by atoms with Gasteiger partial charge in [0.25, 0.3) is 5.91 Å². The van der Waals surface area contributed by atoms with Crippen LogP contribution in [0.5, 0.6) is 0 Å². The average Bonchev–Trinajstić information content (AvgIpc) is 1.85. The Morgan fingerprint density at radius 3 is 1.91 bits per heavy atom. The fourth-order valence-electron chi connectivity index (χ4n) is 0.308. The molecule has 0 bridgehead atoms. The number of aliphatic carboxylic acids is 1. The Morgan fingerprint density at radius 2 is 1.82 bits per heavy atom. The summed E-state index contributed by atoms with van der Waals surface area (Å²) in [6, 6.07) is -2.58. The standard InChI is InChI=1S/C4H6F2N2O3/c5-4(6,3(8)11)1(7)2(9)10/h1H,7H2,(H2,8,11)(H,9,10)/t1-/m1/s1. The molecule has 11 heavy (non-hydrogen) atoms. The first-order valence-corrected chi connectivity index (χ1v) is 2.46. The van der Waals surface area contributed by atoms with E-state index < -0.39 is 23.8 Å². The molecular formula is C4H6F2N2O3. The van der Waals surface area contributed by atoms with Crippen molar-refractivity contribution in [2.45, 2.75) is 12.0 Å². The lowest BCUT2D eigenvalue weighted by atomic mass is 10.1. The molecule has 0 heterocycles. The van der Waals surface area contributed by atoms with Gasteiger partial charge in [-0.15, -0.1) is 0 Å². The Bertz CT molecular complexity index is 194. The first kappa shape index (κ1) is 9.76. The van der Waals surface area contributed by atoms with Crippen molar-refractivity contribution < 1.29 is 23.5 Å². The molecule has 0 rings (SSSR count). The number of carboxylic acids is 1. The van der Waals surface area contributed by atoms with E-state index in [9.17, 15) is 18.4 Å². The lowest BCUT2D eigenvalue weighted by Gasteiger charge is -2.15. The topological polar surface area (TPSA) is 106 Å². The van der Waals surface area contributed by atoms with Crippen LogP contribution in [0.4, 0.5) is 8.78 Å². The number of primary amides is 1. The minimum atomic E-state index is -4.20. The Morgan fingerprint density at radius 1 is 1.45 bits per heavy atom. The summed E-state index contributed by atoms with van der Waals surface area (Å²) in [5.41, 5.74) is 8.62. The van der Waals surface area contributed by atoms with Crippen LogP contribution < -0.4 is 11.5 Å². The van der Waals surface area contributed by atoms with E-state index in [1.807, 2.05) is 0 Å². The molecule has 0 spiro atoms. The van der Waals surface area contributed by atoms with Gasteiger partial charge in [-0.1, -0.05) is 0 Å². The molecule has 0 aromatic carbocycles. The molecule has 1 amide bonds. The third-order valence-electron chi connectivity index (χ3n) is 0.985. The second-order valence-corrected chi connectivity index (χ2v) is 1.80. The van der Waals surface area contributed by atoms with Crippen LogP contribution in [0, 0.1) is 0 Å². The van der Waals surface area contributed by atoms with Crippen LogP contribution in [0.25, 0.3) is 0 Å². The highest BCUT2D eigenvalue weighted by Crippen LogP contribution is 2.16. The van der Waals surface area contributed by atoms with E-state index in [2.05, 4.69) is 11.5 Å². The number of nitrogens with two attached hydrogens (primary N) is 2. The number of rotatable bonds is 3. The van der Waals surface area contributed by atoms with E-state index in [4.69, 9.17) is 5.11 Å². The molecule has 0 aliphatic rings. The van der Waals surface area contributed by atoms with Crippen molar-refractivity contribution >= 4 is 11.9 Å². The SMILES string of the molecule is NC(=O)C(F)(F)[C@H](N)C(=O)O. The maximum absolute atomic E-state index is 12.2. The molecule has 0 radical (unpaired) electrons. The van der Waals surface area contributed by atoms with Crippen LogP contribution in [-0.4, -0.2) is 28.9 Å². The van der Waals surface area contributed by atoms with E-state index in [1.165, 1.54) is 0 Å². The van der Waals surface area contributed by atoms with Crippen LogP contribution in [0.15, 0.2) is 0 Å². The van der Waals surface area contributed by atoms with Crippen molar-refractivity contribution in [1.82, 2.24) is 0 Å². The zero-order chi connectivity index (χ0) is 9.23. The van der Waals surface area contributed by atoms with Gasteiger partial charge in [-0.05, 0) is 0 Å². The lowest BCUT2D eigenvalue weighted by Crippen LogP contribution is -2.54. The highest BCUT2D eigenvalue weighted by Gasteiger charge is 2.47. The van der Waals surface area contributed by atoms with Crippen molar-refractivity contribution in [1.29, 1.82) is 0 Å². The van der Waals surface area contributed by atoms with Crippen LogP contribution >= 0.6 is 0 Å². The molecule has 0 aliphatic heterocycles. The Hall–Kier alpha value is -1.24. The summed E-state index contributed by atoms with van der Waals surface area (Å²) in [5, 5.41) is 7.95. The zero-order valence-electron chi connectivity index (χ0n) is 5.25. The first-order valence-electron chi connectivity index (χ1n) is 2.46. The third kappa shape index (κ3) is 1.84. The van der Waals surface area contributed by atoms with Gasteiger partial charge in [0.2, 0.25) is 0 Å². The number of carboxylic acid groups (broad SMARTS) is 1. The highest BCUT2D eigenvalue weighted by molar-refractivity contribution is 5.89. The summed E-state index contributed by atoms with van der Waals surface area (Å²) in [5.74, 6) is -8.23. The van der Waals surface area contributed by atoms with Crippen LogP contribution in [0.1, 0.15) is 0 Å². The minimum Gasteiger partial charge on any atom is -0.480 e. The Balaban J connectivity index is 4.55. The molecule has 0 aliphatic carbocycles. The summed E-state index contributed by atoms with van der Waals surface area (Å²) >= 11 is 0. The lowest BCUT2D eigenvalue weighted by molar-refractivity contribution is -0.158. The van der Waals surface area contributed by atoms with Gasteiger partial charge in [-0.25, -0.2) is 0 Å². The first-order chi connectivity index (χ1) is 4.80. The van der Waals surface area contributed by atoms with Crippen molar-refractivity contribution in [3.05, 3.63) is 0 Å². The second-order valence-electron chi connectivity index (χ2n) is 1.80. The molecule has 0 unspecified atom stereocenters. The van der Waals surface area contributed by atoms with E-state index in [1.54, 1.807) is 0 Å². The molecule has 5 N–H and O–H groups in total. The summed E-state index contributed by atoms with van der Waals surface area (Å²) in [6.07, 6.45) is 0. The van der Waals surface area contributed by atoms with E-state index in [0.29, 0.717) is 0 Å². The van der Waals surface area contributed by atoms with Crippen LogP contribution in [0.3, 0.4) is 0 Å². The van der Waals surface area contributed by atoms with Crippen molar-refractivity contribution in [2.24, 2.45) is 11.5 Å². The maximum Gasteiger partial charge on any atom is 0.349 e. The highest BCUT2D eigenvalue weighted by atomic mass is 19.3. The number of carbonyl (C=O) groups excluding carboxylic acids is 1. The predicted molar refractivity (Wildman–Crippen MR) is 29.8 cm³/mol. The molecule has 5 nitrogen and oxygen atoms in total. The summed E-state index contributed by atoms with van der Waals surface area (Å²) < 4.78 is 24.4. The summed E-state index contributed by atoms with van der Waals surface area (Å²) in [4.78, 5) is 19.7. The largest absolute Gasteiger partial charge is 0.480 e. The molecule has 7 heteroatoms. The van der Waals surface area contributed by atoms with Gasteiger partial charge in [0.1, 0.15) is 0 Å². The van der Waals surface area contributed by atoms with Gasteiger partial charge in [-0.3, -0.25) is 9.59 Å². The fraction of sp³-hybridized carbons (Fsp3) is 0.500. The van der Waals surface area contributed by atoms with Gasteiger partial charge in [0.15, 0.2) is 6.04 Å². The molecule has 64 valence electrons. The smallest absolute Gasteiger partial charge is 0.349 e. The summed E-state index contributed by atoms with van der Waals surface area (Å²) in [7, 11) is 0. The zero-order valence-corrected chi connectivity index (χ0v) is 5.25. The maximum atomic E-state index is 12.2. The quantitative estimate of drug-likeness (QED) is 0.477. The molecule has 0 aromatic heterocycles. The Labute approximate surface area is 60.0 Å². The molecular weight excluding hydrogens is 162 g/mol. The number of carbonyl (C=O) groups is 2. The monoisotopic (exact) mass is 168 g/mol. The molecule has 0 saturated heterocycles. The number of halogens is 2. The van der Waals surface area contributed by atoms with E-state index in [-0.39, 0.29) is 0 Å². The minimum absolute atomic E-state index is 1.98. The predicted octanol–water partition coefficient (Wildman–Crippen LogP) is -1.48. The van der Waals surface area contributed by atoms with Gasteiger partial charge in [0, 0.05) is 0 Å². The third-order valence-corrected chi connectivity index (χ3v) is 0.985. The summed E-state index contributed by atoms with van der Waals surface area (Å²) in [6.45, 7) is 0. The van der Waals surface area contributed by atoms with E-state index >= 15 is 0 Å². The molecule has 0 aromatic rings. The molecule has 0 saturated carbocycles. The van der Waals surface area contributed by atoms with Gasteiger partial charge >= 0.3 is 11.9 Å². The van der Waals surface area contributed by atoms with Crippen molar-refractivity contribution in [2.75, 3.05) is 0 Å². The van der Waals surface area contributed by atoms with E-state index in [0.717, 1.165) is 0 Å². The fourth-order valence-corrected chi connectivity index (χ4v) is 0.308. The van der Waals surface area contributed by atoms with Crippen molar-refractivity contribution in [3.8, 4) is 0 Å². The Kier molecular flexibility index (Phi) is 2.47. The van der Waals surface area contributed by atoms with Crippen molar-refractivity contribution in [3.63, 3.8) is 0 Å². The molecule has 1 atom stereocenters. The van der Waals surface area contributed by atoms with Crippen LogP contribution in [-0.2, 0) is 9.59 Å². The number of hydrogen-bond donors (Lipinski definition) is 3. The number of amides is 1. The van der Waals surface area contributed by atoms with Gasteiger partial charge < -0.3 is 16.6 Å². The number of hydrogen-bond acceptors (Lipinski definition) is 3. The van der Waals surface area contributed by atoms with Gasteiger partial charge in [-0.2, -0.15) is 8.78 Å². The van der Waals surface area contributed by atoms with Gasteiger partial charge in [0.05, 0.1) is 0 Å². The average molecular weight is 168 g/mol. The number of alkyl halides is 2.